The van der Waals surface area contributed by atoms with E-state index in [-0.39, 0.29) is 17.9 Å². The van der Waals surface area contributed by atoms with Crippen molar-refractivity contribution in [1.82, 2.24) is 20.1 Å². The Labute approximate surface area is 140 Å². The minimum Gasteiger partial charge on any atom is -0.480 e. The molecule has 1 amide bonds. The first-order valence-corrected chi connectivity index (χ1v) is 8.30. The molecule has 7 heteroatoms. The van der Waals surface area contributed by atoms with Gasteiger partial charge in [0.15, 0.2) is 5.65 Å². The summed E-state index contributed by atoms with van der Waals surface area (Å²) in [4.78, 5) is 28.5. The number of amides is 1. The molecule has 128 valence electrons. The maximum absolute atomic E-state index is 12.7. The summed E-state index contributed by atoms with van der Waals surface area (Å²) in [5, 5.41) is 17.0. The Morgan fingerprint density at radius 3 is 2.75 bits per heavy atom. The molecule has 7 nitrogen and oxygen atoms in total. The molecule has 2 unspecified atom stereocenters. The molecular weight excluding hydrogens is 308 g/mol. The van der Waals surface area contributed by atoms with Gasteiger partial charge in [0.05, 0.1) is 23.2 Å². The fourth-order valence-electron chi connectivity index (χ4n) is 2.86. The third-order valence-corrected chi connectivity index (χ3v) is 4.59. The zero-order chi connectivity index (χ0) is 17.4. The van der Waals surface area contributed by atoms with Gasteiger partial charge in [-0.25, -0.2) is 14.5 Å². The van der Waals surface area contributed by atoms with Crippen LogP contribution in [-0.2, 0) is 4.79 Å². The van der Waals surface area contributed by atoms with E-state index in [4.69, 9.17) is 0 Å². The molecule has 24 heavy (non-hydrogen) atoms. The van der Waals surface area contributed by atoms with Crippen LogP contribution < -0.4 is 5.32 Å². The third-order valence-electron chi connectivity index (χ3n) is 4.59. The summed E-state index contributed by atoms with van der Waals surface area (Å²) >= 11 is 0. The monoisotopic (exact) mass is 330 g/mol. The first-order chi connectivity index (χ1) is 11.4. The van der Waals surface area contributed by atoms with E-state index in [0.29, 0.717) is 22.3 Å². The summed E-state index contributed by atoms with van der Waals surface area (Å²) in [6, 6.07) is 1.03. The number of rotatable bonds is 6. The van der Waals surface area contributed by atoms with E-state index in [2.05, 4.69) is 22.3 Å². The fourth-order valence-corrected chi connectivity index (χ4v) is 2.86. The number of nitrogens with zero attached hydrogens (tertiary/aromatic N) is 3. The summed E-state index contributed by atoms with van der Waals surface area (Å²) in [5.74, 6) is -1.33. The van der Waals surface area contributed by atoms with Gasteiger partial charge in [0.2, 0.25) is 0 Å². The highest BCUT2D eigenvalue weighted by Gasteiger charge is 2.37. The van der Waals surface area contributed by atoms with Gasteiger partial charge in [0.25, 0.3) is 5.91 Å². The van der Waals surface area contributed by atoms with Gasteiger partial charge < -0.3 is 10.4 Å². The van der Waals surface area contributed by atoms with Gasteiger partial charge in [-0.3, -0.25) is 4.79 Å². The number of nitrogens with one attached hydrogen (secondary N) is 1. The Bertz CT molecular complexity index is 794. The van der Waals surface area contributed by atoms with Crippen LogP contribution in [0.25, 0.3) is 11.0 Å². The maximum atomic E-state index is 12.7. The maximum Gasteiger partial charge on any atom is 0.326 e. The minimum atomic E-state index is -0.983. The molecule has 2 aromatic rings. The van der Waals surface area contributed by atoms with E-state index in [1.165, 1.54) is 0 Å². The number of carbonyl (C=O) groups excluding carboxylic acids is 1. The lowest BCUT2D eigenvalue weighted by Gasteiger charge is -2.15. The van der Waals surface area contributed by atoms with Gasteiger partial charge in [-0.15, -0.1) is 0 Å². The number of fused-ring (bicyclic) bond motifs is 1. The van der Waals surface area contributed by atoms with E-state index in [1.807, 2.05) is 18.5 Å². The van der Waals surface area contributed by atoms with Crippen molar-refractivity contribution < 1.29 is 14.7 Å². The summed E-state index contributed by atoms with van der Waals surface area (Å²) in [5.41, 5.74) is 1.79. The van der Waals surface area contributed by atoms with Gasteiger partial charge in [-0.05, 0) is 45.1 Å². The normalized spacial score (nSPS) is 16.8. The summed E-state index contributed by atoms with van der Waals surface area (Å²) in [7, 11) is 0. The number of hydrogen-bond acceptors (Lipinski definition) is 4. The number of aliphatic carboxylic acids is 1. The average Bonchev–Trinajstić information content (AvgIpc) is 3.29. The fraction of sp³-hybridized carbons (Fsp3) is 0.529. The molecule has 1 fully saturated rings. The molecule has 3 rings (SSSR count). The number of carbonyl (C=O) groups is 2. The molecule has 0 radical (unpaired) electrons. The van der Waals surface area contributed by atoms with Crippen molar-refractivity contribution >= 4 is 22.9 Å². The Balaban J connectivity index is 1.98. The standard InChI is InChI=1S/C17H22N4O3/c1-4-10(3)21-15-13(8-18-21)12(7-9(2)19-15)16(22)20-14(17(23)24)11-5-6-11/h7-8,10-11,14H,4-6H2,1-3H3,(H,20,22)(H,23,24). The van der Waals surface area contributed by atoms with Crippen LogP contribution in [0.5, 0.6) is 0 Å². The molecule has 1 aliphatic carbocycles. The largest absolute Gasteiger partial charge is 0.480 e. The predicted molar refractivity (Wildman–Crippen MR) is 88.9 cm³/mol. The molecule has 1 saturated carbocycles. The van der Waals surface area contributed by atoms with Crippen LogP contribution in [0.3, 0.4) is 0 Å². The number of aromatic nitrogens is 3. The lowest BCUT2D eigenvalue weighted by molar-refractivity contribution is -0.139. The van der Waals surface area contributed by atoms with Gasteiger partial charge in [0, 0.05) is 5.69 Å². The van der Waals surface area contributed by atoms with Crippen LogP contribution in [0.1, 0.15) is 55.2 Å². The number of carboxylic acids is 1. The van der Waals surface area contributed by atoms with Gasteiger partial charge in [-0.2, -0.15) is 5.10 Å². The van der Waals surface area contributed by atoms with Gasteiger partial charge in [0.1, 0.15) is 6.04 Å². The summed E-state index contributed by atoms with van der Waals surface area (Å²) in [6.45, 7) is 5.93. The van der Waals surface area contributed by atoms with Crippen LogP contribution >= 0.6 is 0 Å². The molecule has 2 aromatic heterocycles. The highest BCUT2D eigenvalue weighted by molar-refractivity contribution is 6.06. The van der Waals surface area contributed by atoms with Gasteiger partial charge in [-0.1, -0.05) is 6.92 Å². The lowest BCUT2D eigenvalue weighted by atomic mass is 10.1. The second kappa shape index (κ2) is 6.22. The van der Waals surface area contributed by atoms with Crippen molar-refractivity contribution in [3.8, 4) is 0 Å². The lowest BCUT2D eigenvalue weighted by Crippen LogP contribution is -2.42. The number of hydrogen-bond donors (Lipinski definition) is 2. The predicted octanol–water partition coefficient (Wildman–Crippen LogP) is 2.30. The highest BCUT2D eigenvalue weighted by atomic mass is 16.4. The molecule has 2 N–H and O–H groups in total. The first-order valence-electron chi connectivity index (χ1n) is 8.30. The summed E-state index contributed by atoms with van der Waals surface area (Å²) < 4.78 is 1.81. The number of aryl methyl sites for hydroxylation is 1. The van der Waals surface area contributed by atoms with Crippen molar-refractivity contribution in [2.45, 2.75) is 52.1 Å². The molecule has 0 saturated heterocycles. The van der Waals surface area contributed by atoms with E-state index in [1.54, 1.807) is 12.3 Å². The smallest absolute Gasteiger partial charge is 0.326 e. The van der Waals surface area contributed by atoms with Crippen LogP contribution in [0.2, 0.25) is 0 Å². The van der Waals surface area contributed by atoms with E-state index < -0.39 is 12.0 Å². The molecule has 0 bridgehead atoms. The van der Waals surface area contributed by atoms with Crippen molar-refractivity contribution in [3.63, 3.8) is 0 Å². The zero-order valence-corrected chi connectivity index (χ0v) is 14.1. The first kappa shape index (κ1) is 16.4. The third kappa shape index (κ3) is 2.98. The zero-order valence-electron chi connectivity index (χ0n) is 14.1. The molecular formula is C17H22N4O3. The average molecular weight is 330 g/mol. The minimum absolute atomic E-state index is 0.0349. The molecule has 0 aromatic carbocycles. The Morgan fingerprint density at radius 1 is 1.46 bits per heavy atom. The number of carboxylic acid groups (broad SMARTS) is 1. The SMILES string of the molecule is CCC(C)n1ncc2c(C(=O)NC(C(=O)O)C3CC3)cc(C)nc21. The second-order valence-electron chi connectivity index (χ2n) is 6.52. The molecule has 2 atom stereocenters. The van der Waals surface area contributed by atoms with E-state index in [9.17, 15) is 14.7 Å². The second-order valence-corrected chi connectivity index (χ2v) is 6.52. The summed E-state index contributed by atoms with van der Waals surface area (Å²) in [6.07, 6.45) is 4.22. The van der Waals surface area contributed by atoms with Crippen molar-refractivity contribution in [2.24, 2.45) is 5.92 Å². The van der Waals surface area contributed by atoms with Crippen LogP contribution in [0, 0.1) is 12.8 Å². The molecule has 2 heterocycles. The van der Waals surface area contributed by atoms with Gasteiger partial charge >= 0.3 is 5.97 Å². The Hall–Kier alpha value is -2.44. The van der Waals surface area contributed by atoms with E-state index >= 15 is 0 Å². The highest BCUT2D eigenvalue weighted by Crippen LogP contribution is 2.33. The topological polar surface area (TPSA) is 97.1 Å². The quantitative estimate of drug-likeness (QED) is 0.847. The Kier molecular flexibility index (Phi) is 4.26. The molecule has 0 aliphatic heterocycles. The van der Waals surface area contributed by atoms with Crippen molar-refractivity contribution in [1.29, 1.82) is 0 Å². The van der Waals surface area contributed by atoms with Crippen LogP contribution in [0.15, 0.2) is 12.3 Å². The van der Waals surface area contributed by atoms with Crippen LogP contribution in [0.4, 0.5) is 0 Å². The van der Waals surface area contributed by atoms with E-state index in [0.717, 1.165) is 19.3 Å². The Morgan fingerprint density at radius 2 is 2.17 bits per heavy atom. The molecule has 0 spiro atoms. The van der Waals surface area contributed by atoms with Crippen molar-refractivity contribution in [2.75, 3.05) is 0 Å². The van der Waals surface area contributed by atoms with Crippen molar-refractivity contribution in [3.05, 3.63) is 23.5 Å². The molecule has 1 aliphatic rings. The number of pyridine rings is 1. The van der Waals surface area contributed by atoms with Crippen LogP contribution in [-0.4, -0.2) is 37.8 Å².